The van der Waals surface area contributed by atoms with Gasteiger partial charge in [-0.3, -0.25) is 0 Å². The van der Waals surface area contributed by atoms with Gasteiger partial charge in [-0.1, -0.05) is 35.9 Å². The topological polar surface area (TPSA) is 19.6 Å². The zero-order valence-corrected chi connectivity index (χ0v) is 23.2. The van der Waals surface area contributed by atoms with Gasteiger partial charge < -0.3 is 14.5 Å². The molecule has 0 aliphatic carbocycles. The van der Waals surface area contributed by atoms with E-state index in [0.717, 1.165) is 39.2 Å². The molecule has 0 bridgehead atoms. The highest BCUT2D eigenvalue weighted by Gasteiger charge is 2.28. The Balaban J connectivity index is 2.12. The number of aromatic nitrogens is 1. The van der Waals surface area contributed by atoms with Crippen LogP contribution in [0.25, 0.3) is 38.6 Å². The van der Waals surface area contributed by atoms with Crippen molar-refractivity contribution in [3.8, 4) is 22.6 Å². The Hall–Kier alpha value is -4.05. The van der Waals surface area contributed by atoms with Gasteiger partial charge in [0.15, 0.2) is 0 Å². The van der Waals surface area contributed by atoms with E-state index in [1.165, 1.54) is 33.2 Å². The molecule has 0 N–H and O–H groups in total. The van der Waals surface area contributed by atoms with Crippen LogP contribution in [0.4, 0.5) is 11.4 Å². The zero-order chi connectivity index (χ0) is 26.4. The van der Waals surface area contributed by atoms with Gasteiger partial charge in [-0.15, -0.1) is 0 Å². The lowest BCUT2D eigenvalue weighted by atomic mass is 9.88. The van der Waals surface area contributed by atoms with Crippen molar-refractivity contribution in [1.82, 2.24) is 0 Å². The summed E-state index contributed by atoms with van der Waals surface area (Å²) in [6.45, 7) is 6.61. The molecule has 1 heterocycles. The number of hydrogen-bond acceptors (Lipinski definition) is 3. The maximum Gasteiger partial charge on any atom is 0.225 e. The number of aryl methyl sites for hydroxylation is 3. The van der Waals surface area contributed by atoms with Gasteiger partial charge in [0.05, 0.1) is 17.9 Å². The summed E-state index contributed by atoms with van der Waals surface area (Å²) >= 11 is 0. The second kappa shape index (κ2) is 9.44. The maximum atomic E-state index is 6.14. The number of methoxy groups -OCH3 is 1. The van der Waals surface area contributed by atoms with Gasteiger partial charge in [-0.05, 0) is 49.6 Å². The lowest BCUT2D eigenvalue weighted by Gasteiger charge is -2.21. The van der Waals surface area contributed by atoms with Crippen molar-refractivity contribution in [2.45, 2.75) is 20.8 Å². The summed E-state index contributed by atoms with van der Waals surface area (Å²) in [6, 6.07) is 26.4. The van der Waals surface area contributed by atoms with Crippen molar-refractivity contribution < 1.29 is 9.30 Å². The third kappa shape index (κ3) is 4.17. The largest absolute Gasteiger partial charge is 0.496 e. The first-order valence-corrected chi connectivity index (χ1v) is 12.7. The minimum atomic E-state index is 0.874. The Morgan fingerprint density at radius 3 is 1.86 bits per heavy atom. The summed E-state index contributed by atoms with van der Waals surface area (Å²) in [5, 5.41) is 2.32. The number of rotatable bonds is 5. The summed E-state index contributed by atoms with van der Waals surface area (Å²) in [6.07, 6.45) is 0. The molecule has 37 heavy (non-hydrogen) atoms. The molecular formula is C33H36N3O+. The highest BCUT2D eigenvalue weighted by atomic mass is 16.5. The maximum absolute atomic E-state index is 6.14. The summed E-state index contributed by atoms with van der Waals surface area (Å²) in [5.41, 5.74) is 12.0. The first-order chi connectivity index (χ1) is 17.7. The molecule has 0 saturated carbocycles. The first kappa shape index (κ1) is 24.6. The van der Waals surface area contributed by atoms with E-state index in [9.17, 15) is 0 Å². The summed E-state index contributed by atoms with van der Waals surface area (Å²) < 4.78 is 8.52. The Kier molecular flexibility index (Phi) is 6.28. The van der Waals surface area contributed by atoms with Crippen LogP contribution in [0.3, 0.4) is 0 Å². The van der Waals surface area contributed by atoms with Crippen LogP contribution in [-0.4, -0.2) is 35.3 Å². The van der Waals surface area contributed by atoms with Gasteiger partial charge in [0, 0.05) is 75.5 Å². The number of anilines is 2. The van der Waals surface area contributed by atoms with Crippen LogP contribution >= 0.6 is 0 Å². The SMILES string of the molecule is COc1cc(N(C)C)cc2c1c(-c1c(C)cc(C)cc1C)c1ccc(N(C)C)cc1[n+]2-c1ccccc1. The Labute approximate surface area is 220 Å². The predicted molar refractivity (Wildman–Crippen MR) is 158 cm³/mol. The Morgan fingerprint density at radius 1 is 0.649 bits per heavy atom. The zero-order valence-electron chi connectivity index (χ0n) is 23.2. The number of fused-ring (bicyclic) bond motifs is 2. The lowest BCUT2D eigenvalue weighted by molar-refractivity contribution is -0.537. The molecule has 5 aromatic rings. The first-order valence-electron chi connectivity index (χ1n) is 12.7. The van der Waals surface area contributed by atoms with Crippen molar-refractivity contribution in [3.63, 3.8) is 0 Å². The average Bonchev–Trinajstić information content (AvgIpc) is 2.87. The fourth-order valence-electron chi connectivity index (χ4n) is 5.58. The molecule has 0 fully saturated rings. The van der Waals surface area contributed by atoms with Crippen molar-refractivity contribution in [2.24, 2.45) is 0 Å². The molecule has 0 amide bonds. The summed E-state index contributed by atoms with van der Waals surface area (Å²) in [5.74, 6) is 0.874. The third-order valence-corrected chi connectivity index (χ3v) is 7.24. The van der Waals surface area contributed by atoms with E-state index in [4.69, 9.17) is 4.74 Å². The molecule has 5 rings (SSSR count). The minimum absolute atomic E-state index is 0.874. The number of para-hydroxylation sites is 1. The van der Waals surface area contributed by atoms with E-state index in [0.29, 0.717) is 0 Å². The standard InChI is InChI=1S/C33H36N3O/c1-21-16-22(2)31(23(3)17-21)32-27-15-14-25(34(4)5)18-28(27)36(24-12-10-9-11-13-24)29-19-26(35(6)7)20-30(37-8)33(29)32/h9-20H,1-8H3/q+1. The van der Waals surface area contributed by atoms with E-state index in [-0.39, 0.29) is 0 Å². The number of nitrogens with zero attached hydrogens (tertiary/aromatic N) is 3. The van der Waals surface area contributed by atoms with Gasteiger partial charge in [-0.25, -0.2) is 0 Å². The molecule has 188 valence electrons. The van der Waals surface area contributed by atoms with Gasteiger partial charge >= 0.3 is 0 Å². The normalized spacial score (nSPS) is 11.2. The Morgan fingerprint density at radius 2 is 1.27 bits per heavy atom. The number of pyridine rings is 1. The third-order valence-electron chi connectivity index (χ3n) is 7.24. The molecule has 0 aliphatic heterocycles. The second-order valence-corrected chi connectivity index (χ2v) is 10.4. The molecule has 0 spiro atoms. The Bertz CT molecular complexity index is 1610. The number of benzene rings is 4. The molecule has 0 saturated heterocycles. The highest BCUT2D eigenvalue weighted by Crippen LogP contribution is 2.44. The van der Waals surface area contributed by atoms with Crippen LogP contribution in [0.1, 0.15) is 16.7 Å². The summed E-state index contributed by atoms with van der Waals surface area (Å²) in [7, 11) is 10.1. The molecule has 4 heteroatoms. The number of hydrogen-bond donors (Lipinski definition) is 0. The van der Waals surface area contributed by atoms with Crippen molar-refractivity contribution in [1.29, 1.82) is 0 Å². The molecular weight excluding hydrogens is 454 g/mol. The fraction of sp³-hybridized carbons (Fsp3) is 0.242. The molecule has 4 aromatic carbocycles. The molecule has 0 unspecified atom stereocenters. The highest BCUT2D eigenvalue weighted by molar-refractivity contribution is 6.12. The van der Waals surface area contributed by atoms with Crippen LogP contribution < -0.4 is 19.1 Å². The van der Waals surface area contributed by atoms with Crippen molar-refractivity contribution in [2.75, 3.05) is 45.1 Å². The van der Waals surface area contributed by atoms with Crippen LogP contribution in [0.2, 0.25) is 0 Å². The summed E-state index contributed by atoms with van der Waals surface area (Å²) in [4.78, 5) is 4.30. The van der Waals surface area contributed by atoms with Gasteiger partial charge in [-0.2, -0.15) is 4.57 Å². The fourth-order valence-corrected chi connectivity index (χ4v) is 5.58. The molecule has 0 aliphatic rings. The molecule has 0 radical (unpaired) electrons. The smallest absolute Gasteiger partial charge is 0.225 e. The van der Waals surface area contributed by atoms with Gasteiger partial charge in [0.25, 0.3) is 0 Å². The predicted octanol–water partition coefficient (Wildman–Crippen LogP) is 7.00. The van der Waals surface area contributed by atoms with Crippen LogP contribution in [0.5, 0.6) is 5.75 Å². The quantitative estimate of drug-likeness (QED) is 0.195. The van der Waals surface area contributed by atoms with Gasteiger partial charge in [0.2, 0.25) is 16.7 Å². The lowest BCUT2D eigenvalue weighted by Crippen LogP contribution is -2.33. The van der Waals surface area contributed by atoms with E-state index < -0.39 is 0 Å². The van der Waals surface area contributed by atoms with Crippen molar-refractivity contribution >= 4 is 33.2 Å². The number of ether oxygens (including phenoxy) is 1. The molecule has 1 aromatic heterocycles. The molecule has 4 nitrogen and oxygen atoms in total. The van der Waals surface area contributed by atoms with E-state index in [2.05, 4.69) is 136 Å². The van der Waals surface area contributed by atoms with E-state index >= 15 is 0 Å². The minimum Gasteiger partial charge on any atom is -0.496 e. The van der Waals surface area contributed by atoms with Crippen molar-refractivity contribution in [3.05, 3.63) is 89.5 Å². The average molecular weight is 491 g/mol. The monoisotopic (exact) mass is 490 g/mol. The van der Waals surface area contributed by atoms with E-state index in [1.54, 1.807) is 7.11 Å². The van der Waals surface area contributed by atoms with Gasteiger partial charge in [0.1, 0.15) is 5.75 Å². The van der Waals surface area contributed by atoms with E-state index in [1.807, 2.05) is 0 Å². The molecule has 0 atom stereocenters. The van der Waals surface area contributed by atoms with Crippen LogP contribution in [-0.2, 0) is 0 Å². The van der Waals surface area contributed by atoms with Crippen LogP contribution in [0.15, 0.2) is 72.8 Å². The van der Waals surface area contributed by atoms with Crippen LogP contribution in [0, 0.1) is 20.8 Å². The second-order valence-electron chi connectivity index (χ2n) is 10.4.